The Labute approximate surface area is 97.7 Å². The molecule has 2 N–H and O–H groups in total. The molecule has 2 aromatic rings. The fraction of sp³-hybridized carbons (Fsp3) is 0.0833. The highest BCUT2D eigenvalue weighted by atomic mass is 32.2. The molecule has 0 amide bonds. The normalized spacial score (nSPS) is 10.3. The molecule has 0 aliphatic rings. The zero-order valence-electron chi connectivity index (χ0n) is 8.56. The van der Waals surface area contributed by atoms with Gasteiger partial charge in [0.25, 0.3) is 0 Å². The Morgan fingerprint density at radius 2 is 1.94 bits per heavy atom. The third-order valence-corrected chi connectivity index (χ3v) is 3.22. The molecule has 1 aromatic heterocycles. The number of aromatic nitrogens is 1. The maximum atomic E-state index is 13.4. The second-order valence-corrected chi connectivity index (χ2v) is 4.35. The van der Waals surface area contributed by atoms with Crippen LogP contribution in [-0.4, -0.2) is 4.98 Å². The molecule has 82 valence electrons. The van der Waals surface area contributed by atoms with Crippen LogP contribution in [0.5, 0.6) is 0 Å². The molecule has 0 fully saturated rings. The quantitative estimate of drug-likeness (QED) is 0.655. The monoisotopic (exact) mass is 234 g/mol. The van der Waals surface area contributed by atoms with Crippen molar-refractivity contribution in [3.05, 3.63) is 54.1 Å². The zero-order valence-corrected chi connectivity index (χ0v) is 9.38. The highest BCUT2D eigenvalue weighted by molar-refractivity contribution is 7.98. The Morgan fingerprint density at radius 3 is 2.62 bits per heavy atom. The molecule has 0 aliphatic carbocycles. The van der Waals surface area contributed by atoms with Gasteiger partial charge in [-0.05, 0) is 35.9 Å². The second kappa shape index (κ2) is 4.99. The number of anilines is 1. The van der Waals surface area contributed by atoms with Crippen molar-refractivity contribution in [2.75, 3.05) is 5.73 Å². The molecule has 0 aliphatic heterocycles. The van der Waals surface area contributed by atoms with Gasteiger partial charge in [-0.25, -0.2) is 4.39 Å². The van der Waals surface area contributed by atoms with Crippen LogP contribution < -0.4 is 5.73 Å². The first-order valence-corrected chi connectivity index (χ1v) is 5.81. The number of halogens is 1. The van der Waals surface area contributed by atoms with E-state index in [1.807, 2.05) is 12.1 Å². The smallest absolute Gasteiger partial charge is 0.138 e. The molecule has 0 spiro atoms. The van der Waals surface area contributed by atoms with Gasteiger partial charge in [0.2, 0.25) is 0 Å². The number of thioether (sulfide) groups is 1. The van der Waals surface area contributed by atoms with Crippen LogP contribution >= 0.6 is 11.8 Å². The summed E-state index contributed by atoms with van der Waals surface area (Å²) in [5, 5.41) is 0. The van der Waals surface area contributed by atoms with Crippen LogP contribution in [0.15, 0.2) is 47.6 Å². The van der Waals surface area contributed by atoms with E-state index in [4.69, 9.17) is 5.73 Å². The fourth-order valence-corrected chi connectivity index (χ4v) is 2.15. The Morgan fingerprint density at radius 1 is 1.19 bits per heavy atom. The lowest BCUT2D eigenvalue weighted by molar-refractivity contribution is 0.603. The molecule has 0 atom stereocenters. The van der Waals surface area contributed by atoms with E-state index < -0.39 is 0 Å². The number of hydrogen-bond acceptors (Lipinski definition) is 3. The minimum absolute atomic E-state index is 0.265. The maximum absolute atomic E-state index is 13.4. The molecule has 2 rings (SSSR count). The van der Waals surface area contributed by atoms with Crippen LogP contribution in [0.1, 0.15) is 5.56 Å². The van der Waals surface area contributed by atoms with E-state index in [2.05, 4.69) is 4.98 Å². The van der Waals surface area contributed by atoms with Crippen LogP contribution in [0.25, 0.3) is 0 Å². The van der Waals surface area contributed by atoms with E-state index in [0.717, 1.165) is 11.3 Å². The molecular weight excluding hydrogens is 223 g/mol. The van der Waals surface area contributed by atoms with Gasteiger partial charge in [0.1, 0.15) is 5.82 Å². The van der Waals surface area contributed by atoms with Gasteiger partial charge < -0.3 is 5.73 Å². The van der Waals surface area contributed by atoms with Gasteiger partial charge in [0.05, 0.1) is 0 Å². The number of pyridine rings is 1. The van der Waals surface area contributed by atoms with Crippen LogP contribution in [0.3, 0.4) is 0 Å². The summed E-state index contributed by atoms with van der Waals surface area (Å²) in [6.07, 6.45) is 3.46. The minimum atomic E-state index is -0.265. The fourth-order valence-electron chi connectivity index (χ4n) is 1.27. The van der Waals surface area contributed by atoms with Crippen molar-refractivity contribution < 1.29 is 4.39 Å². The number of hydrogen-bond donors (Lipinski definition) is 1. The highest BCUT2D eigenvalue weighted by Crippen LogP contribution is 2.26. The van der Waals surface area contributed by atoms with Crippen LogP contribution in [0.4, 0.5) is 10.1 Å². The lowest BCUT2D eigenvalue weighted by Crippen LogP contribution is -1.88. The molecular formula is C12H11FN2S. The van der Waals surface area contributed by atoms with Gasteiger partial charge in [0.15, 0.2) is 0 Å². The summed E-state index contributed by atoms with van der Waals surface area (Å²) in [5.41, 5.74) is 7.05. The molecule has 16 heavy (non-hydrogen) atoms. The molecule has 0 saturated heterocycles. The molecule has 0 radical (unpaired) electrons. The van der Waals surface area contributed by atoms with Crippen molar-refractivity contribution in [2.24, 2.45) is 0 Å². The summed E-state index contributed by atoms with van der Waals surface area (Å²) in [4.78, 5) is 4.55. The molecule has 0 unspecified atom stereocenters. The van der Waals surface area contributed by atoms with Crippen LogP contribution in [0.2, 0.25) is 0 Å². The molecule has 1 heterocycles. The average molecular weight is 234 g/mol. The van der Waals surface area contributed by atoms with Gasteiger partial charge in [-0.15, -0.1) is 11.8 Å². The lowest BCUT2D eigenvalue weighted by Gasteiger charge is -2.03. The van der Waals surface area contributed by atoms with Gasteiger partial charge in [0, 0.05) is 28.7 Å². The van der Waals surface area contributed by atoms with Crippen molar-refractivity contribution in [1.29, 1.82) is 0 Å². The number of nitrogens with zero attached hydrogens (tertiary/aromatic N) is 1. The number of benzene rings is 1. The molecule has 4 heteroatoms. The summed E-state index contributed by atoms with van der Waals surface area (Å²) in [6, 6.07) is 8.59. The third kappa shape index (κ3) is 2.73. The highest BCUT2D eigenvalue weighted by Gasteiger charge is 2.03. The first kappa shape index (κ1) is 11.0. The van der Waals surface area contributed by atoms with Crippen LogP contribution in [-0.2, 0) is 5.75 Å². The predicted molar refractivity (Wildman–Crippen MR) is 64.6 cm³/mol. The summed E-state index contributed by atoms with van der Waals surface area (Å²) in [7, 11) is 0. The Hall–Kier alpha value is -1.55. The van der Waals surface area contributed by atoms with E-state index in [0.29, 0.717) is 10.6 Å². The van der Waals surface area contributed by atoms with Crippen molar-refractivity contribution in [2.45, 2.75) is 10.6 Å². The van der Waals surface area contributed by atoms with Gasteiger partial charge >= 0.3 is 0 Å². The summed E-state index contributed by atoms with van der Waals surface area (Å²) in [5.74, 6) is 0.461. The van der Waals surface area contributed by atoms with Gasteiger partial charge in [-0.1, -0.05) is 0 Å². The SMILES string of the molecule is Nc1ccc(SCc2ccncc2)c(F)c1. The van der Waals surface area contributed by atoms with Gasteiger partial charge in [-0.2, -0.15) is 0 Å². The minimum Gasteiger partial charge on any atom is -0.399 e. The second-order valence-electron chi connectivity index (χ2n) is 3.33. The van der Waals surface area contributed by atoms with Crippen molar-refractivity contribution in [3.63, 3.8) is 0 Å². The van der Waals surface area contributed by atoms with E-state index in [1.54, 1.807) is 24.5 Å². The first-order chi connectivity index (χ1) is 7.75. The van der Waals surface area contributed by atoms with E-state index in [9.17, 15) is 4.39 Å². The number of rotatable bonds is 3. The Bertz CT molecular complexity index is 474. The Balaban J connectivity index is 2.05. The topological polar surface area (TPSA) is 38.9 Å². The van der Waals surface area contributed by atoms with E-state index in [1.165, 1.54) is 17.8 Å². The van der Waals surface area contributed by atoms with E-state index >= 15 is 0 Å². The largest absolute Gasteiger partial charge is 0.399 e. The van der Waals surface area contributed by atoms with Crippen molar-refractivity contribution in [3.8, 4) is 0 Å². The van der Waals surface area contributed by atoms with Gasteiger partial charge in [-0.3, -0.25) is 4.98 Å². The zero-order chi connectivity index (χ0) is 11.4. The summed E-state index contributed by atoms with van der Waals surface area (Å²) in [6.45, 7) is 0. The van der Waals surface area contributed by atoms with E-state index in [-0.39, 0.29) is 5.82 Å². The summed E-state index contributed by atoms with van der Waals surface area (Å²) >= 11 is 1.45. The van der Waals surface area contributed by atoms with Crippen molar-refractivity contribution in [1.82, 2.24) is 4.98 Å². The first-order valence-electron chi connectivity index (χ1n) is 4.82. The average Bonchev–Trinajstić information content (AvgIpc) is 2.29. The molecule has 0 bridgehead atoms. The predicted octanol–water partition coefficient (Wildman–Crippen LogP) is 3.10. The molecule has 0 saturated carbocycles. The lowest BCUT2D eigenvalue weighted by atomic mass is 10.3. The number of nitrogen functional groups attached to an aromatic ring is 1. The number of nitrogens with two attached hydrogens (primary N) is 1. The van der Waals surface area contributed by atoms with Crippen molar-refractivity contribution >= 4 is 17.4 Å². The summed E-state index contributed by atoms with van der Waals surface area (Å²) < 4.78 is 13.4. The Kier molecular flexibility index (Phi) is 3.41. The standard InChI is InChI=1S/C12H11FN2S/c13-11-7-10(14)1-2-12(11)16-8-9-3-5-15-6-4-9/h1-7H,8,14H2. The van der Waals surface area contributed by atoms with Crippen LogP contribution in [0, 0.1) is 5.82 Å². The maximum Gasteiger partial charge on any atom is 0.138 e. The molecule has 1 aromatic carbocycles. The molecule has 2 nitrogen and oxygen atoms in total. The third-order valence-electron chi connectivity index (χ3n) is 2.10.